The van der Waals surface area contributed by atoms with Crippen LogP contribution in [0.25, 0.3) is 6.08 Å². The highest BCUT2D eigenvalue weighted by atomic mass is 16.5. The highest BCUT2D eigenvalue weighted by Crippen LogP contribution is 2.27. The van der Waals surface area contributed by atoms with Crippen LogP contribution in [0.2, 0.25) is 0 Å². The van der Waals surface area contributed by atoms with Gasteiger partial charge in [-0.15, -0.1) is 0 Å². The van der Waals surface area contributed by atoms with E-state index >= 15 is 0 Å². The van der Waals surface area contributed by atoms with E-state index in [9.17, 15) is 9.59 Å². The largest absolute Gasteiger partial charge is 0.493 e. The van der Waals surface area contributed by atoms with E-state index in [1.54, 1.807) is 24.3 Å². The minimum atomic E-state index is -0.488. The lowest BCUT2D eigenvalue weighted by Gasteiger charge is -2.17. The average molecular weight is 479 g/mol. The number of methoxy groups -OCH3 is 2. The van der Waals surface area contributed by atoms with Gasteiger partial charge in [-0.1, -0.05) is 6.07 Å². The SMILES string of the molecule is COc1ccc(C(=O)N/C(=C\c2ccco2)C(=O)NC(C)COc2ccc(C)c(C)c2)cc1OC. The normalized spacial score (nSPS) is 12.0. The Kier molecular flexibility index (Phi) is 8.56. The summed E-state index contributed by atoms with van der Waals surface area (Å²) in [6, 6.07) is 13.6. The van der Waals surface area contributed by atoms with Gasteiger partial charge in [0.15, 0.2) is 11.5 Å². The zero-order chi connectivity index (χ0) is 25.4. The summed E-state index contributed by atoms with van der Waals surface area (Å²) in [7, 11) is 2.99. The smallest absolute Gasteiger partial charge is 0.268 e. The van der Waals surface area contributed by atoms with Gasteiger partial charge in [-0.2, -0.15) is 0 Å². The molecule has 1 aromatic heterocycles. The molecule has 35 heavy (non-hydrogen) atoms. The predicted octanol–water partition coefficient (Wildman–Crippen LogP) is 4.27. The van der Waals surface area contributed by atoms with E-state index in [4.69, 9.17) is 18.6 Å². The van der Waals surface area contributed by atoms with Gasteiger partial charge < -0.3 is 29.3 Å². The fourth-order valence-corrected chi connectivity index (χ4v) is 3.21. The molecule has 0 saturated carbocycles. The maximum atomic E-state index is 13.0. The molecule has 8 nitrogen and oxygen atoms in total. The summed E-state index contributed by atoms with van der Waals surface area (Å²) in [6.07, 6.45) is 2.95. The molecule has 0 saturated heterocycles. The number of carbonyl (C=O) groups is 2. The third-order valence-electron chi connectivity index (χ3n) is 5.32. The van der Waals surface area contributed by atoms with Crippen molar-refractivity contribution in [1.29, 1.82) is 0 Å². The first-order valence-electron chi connectivity index (χ1n) is 11.1. The summed E-state index contributed by atoms with van der Waals surface area (Å²) in [6.45, 7) is 6.12. The van der Waals surface area contributed by atoms with Gasteiger partial charge in [0.1, 0.15) is 23.8 Å². The van der Waals surface area contributed by atoms with Crippen molar-refractivity contribution >= 4 is 17.9 Å². The molecular weight excluding hydrogens is 448 g/mol. The first-order valence-corrected chi connectivity index (χ1v) is 11.1. The molecule has 0 aliphatic rings. The van der Waals surface area contributed by atoms with Gasteiger partial charge in [0.05, 0.1) is 26.5 Å². The molecule has 0 radical (unpaired) electrons. The number of rotatable bonds is 10. The second-order valence-electron chi connectivity index (χ2n) is 8.03. The monoisotopic (exact) mass is 478 g/mol. The van der Waals surface area contributed by atoms with Crippen LogP contribution in [-0.2, 0) is 4.79 Å². The molecule has 2 amide bonds. The Morgan fingerprint density at radius 3 is 2.43 bits per heavy atom. The first-order chi connectivity index (χ1) is 16.8. The lowest BCUT2D eigenvalue weighted by atomic mass is 10.1. The molecule has 0 aliphatic heterocycles. The molecule has 2 N–H and O–H groups in total. The third-order valence-corrected chi connectivity index (χ3v) is 5.32. The standard InChI is InChI=1S/C27H30N2O6/c1-17-8-10-22(13-18(17)2)35-16-19(3)28-27(31)23(15-21-7-6-12-34-21)29-26(30)20-9-11-24(32-4)25(14-20)33-5/h6-15,19H,16H2,1-5H3,(H,28,31)(H,29,30)/b23-15-. The summed E-state index contributed by atoms with van der Waals surface area (Å²) >= 11 is 0. The number of hydrogen-bond acceptors (Lipinski definition) is 6. The lowest BCUT2D eigenvalue weighted by Crippen LogP contribution is -2.41. The van der Waals surface area contributed by atoms with Crippen molar-refractivity contribution in [3.05, 3.63) is 82.9 Å². The second-order valence-corrected chi connectivity index (χ2v) is 8.03. The van der Waals surface area contributed by atoms with Crippen molar-refractivity contribution < 1.29 is 28.2 Å². The summed E-state index contributed by atoms with van der Waals surface area (Å²) in [5.74, 6) is 1.07. The average Bonchev–Trinajstić information content (AvgIpc) is 3.37. The fraction of sp³-hybridized carbons (Fsp3) is 0.259. The number of carbonyl (C=O) groups excluding carboxylic acids is 2. The number of nitrogens with one attached hydrogen (secondary N) is 2. The highest BCUT2D eigenvalue weighted by Gasteiger charge is 2.19. The van der Waals surface area contributed by atoms with E-state index in [0.717, 1.165) is 11.3 Å². The quantitative estimate of drug-likeness (QED) is 0.422. The molecule has 184 valence electrons. The van der Waals surface area contributed by atoms with Crippen LogP contribution in [0.15, 0.2) is 64.9 Å². The molecular formula is C27H30N2O6. The predicted molar refractivity (Wildman–Crippen MR) is 133 cm³/mol. The molecule has 1 atom stereocenters. The van der Waals surface area contributed by atoms with Crippen LogP contribution in [0.5, 0.6) is 17.2 Å². The highest BCUT2D eigenvalue weighted by molar-refractivity contribution is 6.05. The molecule has 0 fully saturated rings. The number of aryl methyl sites for hydroxylation is 2. The van der Waals surface area contributed by atoms with Crippen LogP contribution in [-0.4, -0.2) is 38.7 Å². The van der Waals surface area contributed by atoms with Crippen molar-refractivity contribution in [2.45, 2.75) is 26.8 Å². The maximum Gasteiger partial charge on any atom is 0.268 e. The zero-order valence-electron chi connectivity index (χ0n) is 20.5. The molecule has 3 rings (SSSR count). The van der Waals surface area contributed by atoms with Gasteiger partial charge in [0.25, 0.3) is 11.8 Å². The maximum absolute atomic E-state index is 13.0. The Morgan fingerprint density at radius 1 is 1.00 bits per heavy atom. The summed E-state index contributed by atoms with van der Waals surface area (Å²) in [4.78, 5) is 26.0. The van der Waals surface area contributed by atoms with E-state index < -0.39 is 11.8 Å². The summed E-state index contributed by atoms with van der Waals surface area (Å²) in [5, 5.41) is 5.52. The van der Waals surface area contributed by atoms with Crippen molar-refractivity contribution in [2.24, 2.45) is 0 Å². The number of benzene rings is 2. The van der Waals surface area contributed by atoms with E-state index in [2.05, 4.69) is 10.6 Å². The van der Waals surface area contributed by atoms with Crippen LogP contribution in [0.3, 0.4) is 0 Å². The molecule has 1 unspecified atom stereocenters. The molecule has 3 aromatic rings. The Bertz CT molecular complexity index is 1200. The van der Waals surface area contributed by atoms with Crippen LogP contribution in [0.1, 0.15) is 34.2 Å². The minimum Gasteiger partial charge on any atom is -0.493 e. The van der Waals surface area contributed by atoms with Gasteiger partial charge in [0, 0.05) is 11.6 Å². The molecule has 0 bridgehead atoms. The Labute approximate surface area is 204 Å². The van der Waals surface area contributed by atoms with Gasteiger partial charge in [0.2, 0.25) is 0 Å². The van der Waals surface area contributed by atoms with Gasteiger partial charge in [-0.25, -0.2) is 0 Å². The lowest BCUT2D eigenvalue weighted by molar-refractivity contribution is -0.118. The summed E-state index contributed by atoms with van der Waals surface area (Å²) in [5.41, 5.74) is 2.63. The number of hydrogen-bond donors (Lipinski definition) is 2. The van der Waals surface area contributed by atoms with Crippen molar-refractivity contribution in [3.63, 3.8) is 0 Å². The number of amides is 2. The van der Waals surface area contributed by atoms with E-state index in [-0.39, 0.29) is 18.3 Å². The van der Waals surface area contributed by atoms with Gasteiger partial charge in [-0.3, -0.25) is 9.59 Å². The number of ether oxygens (including phenoxy) is 3. The van der Waals surface area contributed by atoms with Crippen LogP contribution < -0.4 is 24.8 Å². The topological polar surface area (TPSA) is 99.0 Å². The first kappa shape index (κ1) is 25.4. The molecule has 0 aliphatic carbocycles. The molecule has 0 spiro atoms. The van der Waals surface area contributed by atoms with Crippen molar-refractivity contribution in [1.82, 2.24) is 10.6 Å². The van der Waals surface area contributed by atoms with Gasteiger partial charge >= 0.3 is 0 Å². The van der Waals surface area contributed by atoms with Crippen LogP contribution in [0, 0.1) is 13.8 Å². The molecule has 8 heteroatoms. The minimum absolute atomic E-state index is 0.0257. The number of furan rings is 1. The molecule has 1 heterocycles. The van der Waals surface area contributed by atoms with Crippen LogP contribution >= 0.6 is 0 Å². The zero-order valence-corrected chi connectivity index (χ0v) is 20.5. The van der Waals surface area contributed by atoms with Crippen molar-refractivity contribution in [2.75, 3.05) is 20.8 Å². The van der Waals surface area contributed by atoms with E-state index in [1.165, 1.54) is 38.2 Å². The second kappa shape index (κ2) is 11.8. The Balaban J connectivity index is 1.71. The fourth-order valence-electron chi connectivity index (χ4n) is 3.21. The van der Waals surface area contributed by atoms with E-state index in [0.29, 0.717) is 22.8 Å². The Morgan fingerprint density at radius 2 is 1.77 bits per heavy atom. The van der Waals surface area contributed by atoms with E-state index in [1.807, 2.05) is 39.0 Å². The van der Waals surface area contributed by atoms with Crippen LogP contribution in [0.4, 0.5) is 0 Å². The van der Waals surface area contributed by atoms with Crippen molar-refractivity contribution in [3.8, 4) is 17.2 Å². The molecule has 2 aromatic carbocycles. The third kappa shape index (κ3) is 6.89. The Hall–Kier alpha value is -4.20. The van der Waals surface area contributed by atoms with Gasteiger partial charge in [-0.05, 0) is 74.4 Å². The summed E-state index contributed by atoms with van der Waals surface area (Å²) < 4.78 is 21.6.